The zero-order valence-corrected chi connectivity index (χ0v) is 19.9. The van der Waals surface area contributed by atoms with Gasteiger partial charge in [-0.1, -0.05) is 68.1 Å². The van der Waals surface area contributed by atoms with Gasteiger partial charge < -0.3 is 10.6 Å². The maximum absolute atomic E-state index is 13.3. The van der Waals surface area contributed by atoms with Crippen LogP contribution in [0.3, 0.4) is 0 Å². The van der Waals surface area contributed by atoms with Crippen LogP contribution in [0, 0.1) is 18.8 Å². The van der Waals surface area contributed by atoms with Gasteiger partial charge in [0.05, 0.1) is 12.0 Å². The topological polar surface area (TPSA) is 71.8 Å². The summed E-state index contributed by atoms with van der Waals surface area (Å²) >= 11 is 1.63. The van der Waals surface area contributed by atoms with Crippen LogP contribution in [0.1, 0.15) is 44.4 Å². The molecule has 1 amide bonds. The number of aromatic nitrogens is 3. The molecule has 32 heavy (non-hydrogen) atoms. The summed E-state index contributed by atoms with van der Waals surface area (Å²) in [6, 6.07) is 17.9. The number of carbonyl (C=O) groups is 1. The maximum atomic E-state index is 13.3. The third kappa shape index (κ3) is 4.99. The molecule has 0 saturated heterocycles. The molecule has 0 saturated carbocycles. The molecule has 168 valence electrons. The van der Waals surface area contributed by atoms with Crippen LogP contribution in [0.15, 0.2) is 59.8 Å². The number of aryl methyl sites for hydroxylation is 1. The van der Waals surface area contributed by atoms with Gasteiger partial charge in [0.1, 0.15) is 0 Å². The van der Waals surface area contributed by atoms with Crippen LogP contribution < -0.4 is 10.6 Å². The number of anilines is 2. The van der Waals surface area contributed by atoms with Crippen molar-refractivity contribution in [3.8, 4) is 0 Å². The molecule has 2 aromatic carbocycles. The predicted molar refractivity (Wildman–Crippen MR) is 131 cm³/mol. The van der Waals surface area contributed by atoms with Gasteiger partial charge in [-0.25, -0.2) is 4.68 Å². The lowest BCUT2D eigenvalue weighted by atomic mass is 9.85. The van der Waals surface area contributed by atoms with Gasteiger partial charge in [0.2, 0.25) is 17.0 Å². The summed E-state index contributed by atoms with van der Waals surface area (Å²) in [6.07, 6.45) is 0.858. The van der Waals surface area contributed by atoms with Crippen LogP contribution in [0.5, 0.6) is 0 Å². The maximum Gasteiger partial charge on any atom is 0.231 e. The molecule has 1 aliphatic rings. The van der Waals surface area contributed by atoms with Gasteiger partial charge in [0, 0.05) is 17.5 Å². The quantitative estimate of drug-likeness (QED) is 0.464. The van der Waals surface area contributed by atoms with Crippen molar-refractivity contribution in [2.24, 2.45) is 11.8 Å². The van der Waals surface area contributed by atoms with Crippen LogP contribution in [0.4, 0.5) is 11.6 Å². The van der Waals surface area contributed by atoms with E-state index < -0.39 is 0 Å². The summed E-state index contributed by atoms with van der Waals surface area (Å²) in [5, 5.41) is 12.1. The molecule has 1 aliphatic heterocycles. The van der Waals surface area contributed by atoms with E-state index in [2.05, 4.69) is 62.6 Å². The van der Waals surface area contributed by atoms with E-state index >= 15 is 0 Å². The molecule has 4 rings (SSSR count). The molecule has 3 atom stereocenters. The number of benzene rings is 2. The van der Waals surface area contributed by atoms with Crippen molar-refractivity contribution in [2.45, 2.75) is 57.1 Å². The second-order valence-electron chi connectivity index (χ2n) is 8.89. The van der Waals surface area contributed by atoms with Gasteiger partial charge in [0.15, 0.2) is 0 Å². The number of fused-ring (bicyclic) bond motifs is 1. The summed E-state index contributed by atoms with van der Waals surface area (Å²) < 4.78 is 1.94. The third-order valence-corrected chi connectivity index (χ3v) is 6.80. The van der Waals surface area contributed by atoms with Gasteiger partial charge in [-0.3, -0.25) is 4.79 Å². The zero-order valence-electron chi connectivity index (χ0n) is 19.1. The normalized spacial score (nSPS) is 20.0. The van der Waals surface area contributed by atoms with Crippen LogP contribution in [-0.2, 0) is 10.5 Å². The Morgan fingerprint density at radius 1 is 1.16 bits per heavy atom. The molecule has 2 N–H and O–H groups in total. The van der Waals surface area contributed by atoms with E-state index in [1.165, 1.54) is 11.1 Å². The number of nitrogens with zero attached hydrogens (tertiary/aromatic N) is 3. The van der Waals surface area contributed by atoms with E-state index in [0.29, 0.717) is 5.92 Å². The fourth-order valence-electron chi connectivity index (χ4n) is 4.27. The number of nitrogens with one attached hydrogen (secondary N) is 2. The Bertz CT molecular complexity index is 1070. The van der Waals surface area contributed by atoms with Crippen molar-refractivity contribution < 1.29 is 4.79 Å². The number of para-hydroxylation sites is 1. The highest BCUT2D eigenvalue weighted by Crippen LogP contribution is 2.37. The first kappa shape index (κ1) is 22.4. The highest BCUT2D eigenvalue weighted by molar-refractivity contribution is 7.98. The van der Waals surface area contributed by atoms with Crippen LogP contribution in [0.25, 0.3) is 0 Å². The smallest absolute Gasteiger partial charge is 0.231 e. The van der Waals surface area contributed by atoms with Gasteiger partial charge in [0.25, 0.3) is 0 Å². The van der Waals surface area contributed by atoms with Crippen LogP contribution >= 0.6 is 11.8 Å². The Balaban J connectivity index is 1.57. The molecule has 3 aromatic rings. The van der Waals surface area contributed by atoms with E-state index in [1.807, 2.05) is 35.0 Å². The monoisotopic (exact) mass is 449 g/mol. The largest absolute Gasteiger partial charge is 0.351 e. The van der Waals surface area contributed by atoms with E-state index in [0.717, 1.165) is 29.0 Å². The molecule has 0 radical (unpaired) electrons. The van der Waals surface area contributed by atoms with Crippen LogP contribution in [0.2, 0.25) is 0 Å². The molecule has 6 nitrogen and oxygen atoms in total. The lowest BCUT2D eigenvalue weighted by Crippen LogP contribution is -2.46. The Labute approximate surface area is 194 Å². The van der Waals surface area contributed by atoms with Crippen LogP contribution in [-0.4, -0.2) is 26.7 Å². The van der Waals surface area contributed by atoms with E-state index in [-0.39, 0.29) is 23.9 Å². The fraction of sp³-hybridized carbons (Fsp3) is 0.400. The van der Waals surface area contributed by atoms with Crippen molar-refractivity contribution >= 4 is 29.3 Å². The molecular weight excluding hydrogens is 418 g/mol. The van der Waals surface area contributed by atoms with Crippen molar-refractivity contribution in [1.82, 2.24) is 14.8 Å². The van der Waals surface area contributed by atoms with Crippen molar-refractivity contribution in [2.75, 3.05) is 10.6 Å². The molecule has 7 heteroatoms. The summed E-state index contributed by atoms with van der Waals surface area (Å²) in [5.41, 5.74) is 3.36. The highest BCUT2D eigenvalue weighted by atomic mass is 32.2. The third-order valence-electron chi connectivity index (χ3n) is 5.91. The van der Waals surface area contributed by atoms with Gasteiger partial charge in [-0.05, 0) is 49.4 Å². The Morgan fingerprint density at radius 3 is 2.59 bits per heavy atom. The second kappa shape index (κ2) is 9.77. The number of thioether (sulfide) groups is 1. The predicted octanol–water partition coefficient (Wildman–Crippen LogP) is 5.53. The lowest BCUT2D eigenvalue weighted by Gasteiger charge is -2.37. The number of carbonyl (C=O) groups excluding carboxylic acids is 1. The highest BCUT2D eigenvalue weighted by Gasteiger charge is 2.41. The Hall–Kier alpha value is -2.80. The minimum atomic E-state index is -0.249. The molecule has 2 heterocycles. The van der Waals surface area contributed by atoms with Crippen molar-refractivity contribution in [1.29, 1.82) is 0 Å². The number of hydrogen-bond acceptors (Lipinski definition) is 5. The molecule has 0 fully saturated rings. The first-order valence-corrected chi connectivity index (χ1v) is 12.2. The molecule has 1 aromatic heterocycles. The minimum absolute atomic E-state index is 0.0112. The standard InChI is InChI=1S/C25H31N5OS/c1-16(2)14-21-22(23(31)27-20-12-6-5-7-13-20)18(4)26-24-28-25(29-30(21)24)32-15-19-11-9-8-10-17(19)3/h5-13,16,18,21-22H,14-15H2,1-4H3,(H,27,31)(H,26,28,29)/t18-,21+,22+/m1/s1. The molecule has 0 bridgehead atoms. The minimum Gasteiger partial charge on any atom is -0.351 e. The van der Waals surface area contributed by atoms with Gasteiger partial charge in [-0.15, -0.1) is 5.10 Å². The average Bonchev–Trinajstić information content (AvgIpc) is 3.16. The summed E-state index contributed by atoms with van der Waals surface area (Å²) in [5.74, 6) is 1.76. The number of hydrogen-bond donors (Lipinski definition) is 2. The van der Waals surface area contributed by atoms with E-state index in [4.69, 9.17) is 10.1 Å². The fourth-order valence-corrected chi connectivity index (χ4v) is 5.17. The molecule has 0 spiro atoms. The molecular formula is C25H31N5OS. The van der Waals surface area contributed by atoms with E-state index in [1.54, 1.807) is 11.8 Å². The van der Waals surface area contributed by atoms with E-state index in [9.17, 15) is 4.79 Å². The Kier molecular flexibility index (Phi) is 6.84. The second-order valence-corrected chi connectivity index (χ2v) is 9.83. The molecule has 0 aliphatic carbocycles. The summed E-state index contributed by atoms with van der Waals surface area (Å²) in [7, 11) is 0. The van der Waals surface area contributed by atoms with Gasteiger partial charge >= 0.3 is 0 Å². The van der Waals surface area contributed by atoms with Gasteiger partial charge in [-0.2, -0.15) is 4.98 Å². The lowest BCUT2D eigenvalue weighted by molar-refractivity contribution is -0.122. The van der Waals surface area contributed by atoms with Crippen molar-refractivity contribution in [3.63, 3.8) is 0 Å². The number of amides is 1. The number of rotatable bonds is 7. The summed E-state index contributed by atoms with van der Waals surface area (Å²) in [4.78, 5) is 18.1. The zero-order chi connectivity index (χ0) is 22.7. The Morgan fingerprint density at radius 2 is 1.88 bits per heavy atom. The average molecular weight is 450 g/mol. The first-order chi connectivity index (χ1) is 15.4. The summed E-state index contributed by atoms with van der Waals surface area (Å²) in [6.45, 7) is 8.55. The molecule has 0 unspecified atom stereocenters. The first-order valence-electron chi connectivity index (χ1n) is 11.2. The SMILES string of the molecule is Cc1ccccc1CSc1nc2n(n1)[C@@H](CC(C)C)[C@@H](C(=O)Nc1ccccc1)[C@@H](C)N2. The van der Waals surface area contributed by atoms with Crippen molar-refractivity contribution in [3.05, 3.63) is 65.7 Å².